The first-order valence-electron chi connectivity index (χ1n) is 3.55. The molecule has 0 bridgehead atoms. The third-order valence-electron chi connectivity index (χ3n) is 1.52. The molecule has 0 heterocycles. The van der Waals surface area contributed by atoms with Crippen LogP contribution in [0.3, 0.4) is 0 Å². The van der Waals surface area contributed by atoms with Crippen LogP contribution in [0.1, 0.15) is 5.56 Å². The van der Waals surface area contributed by atoms with Crippen LogP contribution in [0.4, 0.5) is 14.5 Å². The van der Waals surface area contributed by atoms with Gasteiger partial charge < -0.3 is 5.73 Å². The molecule has 1 rings (SSSR count). The first-order chi connectivity index (χ1) is 6.20. The number of hydrogen-bond donors (Lipinski definition) is 1. The second-order valence-electron chi connectivity index (χ2n) is 2.27. The molecule has 0 fully saturated rings. The summed E-state index contributed by atoms with van der Waals surface area (Å²) in [6.07, 6.45) is 2.10. The fraction of sp³-hybridized carbons (Fsp3) is 0. The molecular formula is C9H8F2N2. The first kappa shape index (κ1) is 9.38. The van der Waals surface area contributed by atoms with Crippen molar-refractivity contribution in [1.82, 2.24) is 0 Å². The molecule has 1 aromatic carbocycles. The van der Waals surface area contributed by atoms with E-state index in [0.29, 0.717) is 0 Å². The summed E-state index contributed by atoms with van der Waals surface area (Å²) in [6, 6.07) is 2.01. The fourth-order valence-corrected chi connectivity index (χ4v) is 0.957. The Morgan fingerprint density at radius 3 is 2.46 bits per heavy atom. The Morgan fingerprint density at radius 2 is 1.92 bits per heavy atom. The van der Waals surface area contributed by atoms with E-state index in [4.69, 9.17) is 5.73 Å². The van der Waals surface area contributed by atoms with Crippen LogP contribution in [-0.2, 0) is 0 Å². The standard InChI is InChI=1S/C9H8F2N2/c1-2-6-7(10)3-4-8(11)9(6)13-5-12/h2-5H,1H2,(H2,12,13). The Morgan fingerprint density at radius 1 is 1.31 bits per heavy atom. The molecule has 1 aromatic rings. The lowest BCUT2D eigenvalue weighted by atomic mass is 10.1. The van der Waals surface area contributed by atoms with Crippen molar-refractivity contribution < 1.29 is 8.78 Å². The van der Waals surface area contributed by atoms with Crippen LogP contribution in [0.5, 0.6) is 0 Å². The van der Waals surface area contributed by atoms with Crippen LogP contribution in [-0.4, -0.2) is 6.34 Å². The molecule has 4 heteroatoms. The van der Waals surface area contributed by atoms with Crippen LogP contribution < -0.4 is 5.73 Å². The van der Waals surface area contributed by atoms with Gasteiger partial charge in [0.25, 0.3) is 0 Å². The number of halogens is 2. The molecule has 0 aliphatic rings. The number of aliphatic imine (C=N–C) groups is 1. The van der Waals surface area contributed by atoms with Crippen LogP contribution in [0.15, 0.2) is 23.7 Å². The summed E-state index contributed by atoms with van der Waals surface area (Å²) < 4.78 is 26.0. The Balaban J connectivity index is 3.42. The van der Waals surface area contributed by atoms with Crippen molar-refractivity contribution >= 4 is 18.1 Å². The maximum Gasteiger partial charge on any atom is 0.149 e. The molecule has 2 nitrogen and oxygen atoms in total. The van der Waals surface area contributed by atoms with Gasteiger partial charge in [-0.05, 0) is 12.1 Å². The van der Waals surface area contributed by atoms with Crippen LogP contribution >= 0.6 is 0 Å². The Labute approximate surface area is 74.4 Å². The van der Waals surface area contributed by atoms with Crippen molar-refractivity contribution in [2.45, 2.75) is 0 Å². The number of rotatable bonds is 2. The van der Waals surface area contributed by atoms with E-state index < -0.39 is 11.6 Å². The quantitative estimate of drug-likeness (QED) is 0.552. The molecule has 0 aliphatic carbocycles. The summed E-state index contributed by atoms with van der Waals surface area (Å²) in [6.45, 7) is 3.35. The van der Waals surface area contributed by atoms with Crippen molar-refractivity contribution in [3.05, 3.63) is 35.9 Å². The molecule has 0 amide bonds. The lowest BCUT2D eigenvalue weighted by molar-refractivity contribution is 0.600. The van der Waals surface area contributed by atoms with E-state index >= 15 is 0 Å². The van der Waals surface area contributed by atoms with Gasteiger partial charge in [0.1, 0.15) is 17.3 Å². The second-order valence-corrected chi connectivity index (χ2v) is 2.27. The lowest BCUT2D eigenvalue weighted by Crippen LogP contribution is -1.91. The van der Waals surface area contributed by atoms with Gasteiger partial charge in [-0.3, -0.25) is 0 Å². The van der Waals surface area contributed by atoms with E-state index in [1.165, 1.54) is 6.08 Å². The van der Waals surface area contributed by atoms with Gasteiger partial charge in [-0.1, -0.05) is 12.7 Å². The molecule has 0 aromatic heterocycles. The molecule has 0 saturated carbocycles. The molecular weight excluding hydrogens is 174 g/mol. The van der Waals surface area contributed by atoms with E-state index in [1.807, 2.05) is 0 Å². The van der Waals surface area contributed by atoms with E-state index in [0.717, 1.165) is 18.5 Å². The highest BCUT2D eigenvalue weighted by Crippen LogP contribution is 2.26. The first-order valence-corrected chi connectivity index (χ1v) is 3.55. The zero-order valence-corrected chi connectivity index (χ0v) is 6.80. The number of benzene rings is 1. The Hall–Kier alpha value is -1.71. The molecule has 0 spiro atoms. The zero-order valence-electron chi connectivity index (χ0n) is 6.80. The van der Waals surface area contributed by atoms with Gasteiger partial charge in [0.2, 0.25) is 0 Å². The van der Waals surface area contributed by atoms with Gasteiger partial charge in [0.05, 0.1) is 6.34 Å². The molecule has 0 saturated heterocycles. The maximum atomic E-state index is 13.0. The predicted molar refractivity (Wildman–Crippen MR) is 48.8 cm³/mol. The van der Waals surface area contributed by atoms with E-state index in [1.54, 1.807) is 0 Å². The third kappa shape index (κ3) is 1.72. The lowest BCUT2D eigenvalue weighted by Gasteiger charge is -2.02. The third-order valence-corrected chi connectivity index (χ3v) is 1.52. The Bertz CT molecular complexity index is 359. The van der Waals surface area contributed by atoms with Crippen molar-refractivity contribution in [3.63, 3.8) is 0 Å². The maximum absolute atomic E-state index is 13.0. The number of hydrogen-bond acceptors (Lipinski definition) is 1. The van der Waals surface area contributed by atoms with E-state index in [-0.39, 0.29) is 11.3 Å². The molecule has 0 atom stereocenters. The smallest absolute Gasteiger partial charge is 0.149 e. The molecule has 0 unspecified atom stereocenters. The van der Waals surface area contributed by atoms with Crippen molar-refractivity contribution in [2.24, 2.45) is 10.7 Å². The van der Waals surface area contributed by atoms with E-state index in [2.05, 4.69) is 11.6 Å². The Kier molecular flexibility index (Phi) is 2.74. The highest BCUT2D eigenvalue weighted by atomic mass is 19.1. The van der Waals surface area contributed by atoms with Gasteiger partial charge in [-0.2, -0.15) is 0 Å². The molecule has 68 valence electrons. The summed E-state index contributed by atoms with van der Waals surface area (Å²) in [5.41, 5.74) is 4.88. The minimum absolute atomic E-state index is 0.0155. The minimum atomic E-state index is -0.627. The highest BCUT2D eigenvalue weighted by Gasteiger charge is 2.09. The highest BCUT2D eigenvalue weighted by molar-refractivity contribution is 5.69. The van der Waals surface area contributed by atoms with Crippen LogP contribution in [0.2, 0.25) is 0 Å². The number of nitrogens with zero attached hydrogens (tertiary/aromatic N) is 1. The largest absolute Gasteiger partial charge is 0.390 e. The summed E-state index contributed by atoms with van der Waals surface area (Å²) in [4.78, 5) is 3.50. The van der Waals surface area contributed by atoms with Crippen molar-refractivity contribution in [1.29, 1.82) is 0 Å². The topological polar surface area (TPSA) is 38.4 Å². The van der Waals surface area contributed by atoms with Gasteiger partial charge in [-0.15, -0.1) is 0 Å². The minimum Gasteiger partial charge on any atom is -0.390 e. The molecule has 13 heavy (non-hydrogen) atoms. The number of nitrogens with two attached hydrogens (primary N) is 1. The van der Waals surface area contributed by atoms with Crippen molar-refractivity contribution in [2.75, 3.05) is 0 Å². The van der Waals surface area contributed by atoms with Gasteiger partial charge in [0, 0.05) is 5.56 Å². The zero-order chi connectivity index (χ0) is 9.84. The average Bonchev–Trinajstić information content (AvgIpc) is 2.12. The average molecular weight is 182 g/mol. The monoisotopic (exact) mass is 182 g/mol. The van der Waals surface area contributed by atoms with Gasteiger partial charge in [-0.25, -0.2) is 13.8 Å². The molecule has 0 radical (unpaired) electrons. The summed E-state index contributed by atoms with van der Waals surface area (Å²) in [7, 11) is 0. The van der Waals surface area contributed by atoms with Crippen LogP contribution in [0, 0.1) is 11.6 Å². The fourth-order valence-electron chi connectivity index (χ4n) is 0.957. The molecule has 0 aliphatic heterocycles. The predicted octanol–water partition coefficient (Wildman–Crippen LogP) is 2.23. The summed E-state index contributed by atoms with van der Waals surface area (Å²) in [5, 5.41) is 0. The van der Waals surface area contributed by atoms with Crippen LogP contribution in [0.25, 0.3) is 6.08 Å². The SMILES string of the molecule is C=Cc1c(F)ccc(F)c1/N=C\N. The van der Waals surface area contributed by atoms with Gasteiger partial charge in [0.15, 0.2) is 0 Å². The van der Waals surface area contributed by atoms with E-state index in [9.17, 15) is 8.78 Å². The van der Waals surface area contributed by atoms with Crippen molar-refractivity contribution in [3.8, 4) is 0 Å². The normalized spacial score (nSPS) is 10.6. The summed E-state index contributed by atoms with van der Waals surface area (Å²) >= 11 is 0. The van der Waals surface area contributed by atoms with Gasteiger partial charge >= 0.3 is 0 Å². The molecule has 2 N–H and O–H groups in total. The summed E-state index contributed by atoms with van der Waals surface area (Å²) in [5.74, 6) is -1.20. The second kappa shape index (κ2) is 3.80.